The van der Waals surface area contributed by atoms with Crippen LogP contribution >= 0.6 is 0 Å². The SMILES string of the molecule is CN(CC=C=CC(C)(C)C)Cc1ccccc1. The molecule has 0 aliphatic carbocycles. The van der Waals surface area contributed by atoms with Crippen LogP contribution in [0.2, 0.25) is 0 Å². The van der Waals surface area contributed by atoms with Crippen molar-refractivity contribution in [2.24, 2.45) is 5.41 Å². The number of hydrogen-bond donors (Lipinski definition) is 0. The molecule has 0 bridgehead atoms. The van der Waals surface area contributed by atoms with Crippen molar-refractivity contribution in [2.45, 2.75) is 27.3 Å². The molecule has 0 saturated carbocycles. The summed E-state index contributed by atoms with van der Waals surface area (Å²) in [5, 5.41) is 0. The van der Waals surface area contributed by atoms with Gasteiger partial charge in [0.05, 0.1) is 0 Å². The molecule has 0 spiro atoms. The summed E-state index contributed by atoms with van der Waals surface area (Å²) in [5.74, 6) is 0. The minimum absolute atomic E-state index is 0.217. The van der Waals surface area contributed by atoms with E-state index >= 15 is 0 Å². The number of likely N-dealkylation sites (N-methyl/N-ethyl adjacent to an activating group) is 1. The van der Waals surface area contributed by atoms with Crippen molar-refractivity contribution in [3.05, 3.63) is 53.8 Å². The maximum Gasteiger partial charge on any atom is 0.0238 e. The molecule has 0 radical (unpaired) electrons. The summed E-state index contributed by atoms with van der Waals surface area (Å²) in [4.78, 5) is 2.28. The highest BCUT2D eigenvalue weighted by atomic mass is 15.1. The van der Waals surface area contributed by atoms with Crippen LogP contribution in [-0.2, 0) is 6.54 Å². The Labute approximate surface area is 105 Å². The van der Waals surface area contributed by atoms with Crippen LogP contribution in [0.1, 0.15) is 26.3 Å². The summed E-state index contributed by atoms with van der Waals surface area (Å²) >= 11 is 0. The van der Waals surface area contributed by atoms with Gasteiger partial charge in [0.1, 0.15) is 0 Å². The molecule has 0 heterocycles. The Balaban J connectivity index is 2.41. The molecule has 0 atom stereocenters. The lowest BCUT2D eigenvalue weighted by atomic mass is 9.97. The lowest BCUT2D eigenvalue weighted by molar-refractivity contribution is 0.363. The molecule has 0 fully saturated rings. The van der Waals surface area contributed by atoms with Crippen molar-refractivity contribution in [1.82, 2.24) is 4.90 Å². The van der Waals surface area contributed by atoms with Gasteiger partial charge in [0.25, 0.3) is 0 Å². The summed E-state index contributed by atoms with van der Waals surface area (Å²) in [6, 6.07) is 10.5. The van der Waals surface area contributed by atoms with Gasteiger partial charge in [-0.2, -0.15) is 0 Å². The Bertz CT molecular complexity index is 378. The van der Waals surface area contributed by atoms with Gasteiger partial charge in [-0.1, -0.05) is 51.1 Å². The van der Waals surface area contributed by atoms with Gasteiger partial charge in [0, 0.05) is 13.1 Å². The highest BCUT2D eigenvalue weighted by molar-refractivity contribution is 5.14. The Morgan fingerprint density at radius 1 is 1.18 bits per heavy atom. The van der Waals surface area contributed by atoms with Gasteiger partial charge < -0.3 is 0 Å². The first-order chi connectivity index (χ1) is 7.97. The molecular formula is C16H23N. The Morgan fingerprint density at radius 2 is 1.82 bits per heavy atom. The quantitative estimate of drug-likeness (QED) is 0.708. The van der Waals surface area contributed by atoms with E-state index in [0.29, 0.717) is 0 Å². The molecule has 0 unspecified atom stereocenters. The molecule has 17 heavy (non-hydrogen) atoms. The van der Waals surface area contributed by atoms with Gasteiger partial charge >= 0.3 is 0 Å². The van der Waals surface area contributed by atoms with Crippen LogP contribution < -0.4 is 0 Å². The third-order valence-electron chi connectivity index (χ3n) is 2.33. The number of nitrogens with zero attached hydrogens (tertiary/aromatic N) is 1. The lowest BCUT2D eigenvalue weighted by Crippen LogP contribution is -2.17. The molecule has 0 amide bonds. The molecule has 0 aliphatic heterocycles. The average molecular weight is 229 g/mol. The van der Waals surface area contributed by atoms with E-state index in [1.165, 1.54) is 5.56 Å². The van der Waals surface area contributed by atoms with Crippen LogP contribution in [0, 0.1) is 5.41 Å². The summed E-state index contributed by atoms with van der Waals surface area (Å²) in [7, 11) is 2.13. The maximum absolute atomic E-state index is 3.25. The predicted molar refractivity (Wildman–Crippen MR) is 74.9 cm³/mol. The molecule has 0 aromatic heterocycles. The summed E-state index contributed by atoms with van der Waals surface area (Å²) in [6.07, 6.45) is 4.21. The fourth-order valence-corrected chi connectivity index (χ4v) is 1.48. The van der Waals surface area contributed by atoms with Gasteiger partial charge in [-0.05, 0) is 30.2 Å². The van der Waals surface area contributed by atoms with Crippen molar-refractivity contribution < 1.29 is 0 Å². The van der Waals surface area contributed by atoms with Crippen LogP contribution in [0.15, 0.2) is 48.2 Å². The average Bonchev–Trinajstić information content (AvgIpc) is 2.25. The zero-order valence-electron chi connectivity index (χ0n) is 11.4. The number of benzene rings is 1. The molecule has 1 nitrogen and oxygen atoms in total. The third-order valence-corrected chi connectivity index (χ3v) is 2.33. The Morgan fingerprint density at radius 3 is 2.41 bits per heavy atom. The van der Waals surface area contributed by atoms with Crippen molar-refractivity contribution in [1.29, 1.82) is 0 Å². The topological polar surface area (TPSA) is 3.24 Å². The molecule has 0 aliphatic rings. The van der Waals surface area contributed by atoms with Crippen molar-refractivity contribution in [2.75, 3.05) is 13.6 Å². The first kappa shape index (κ1) is 13.8. The number of rotatable bonds is 4. The second-order valence-electron chi connectivity index (χ2n) is 5.56. The van der Waals surface area contributed by atoms with Gasteiger partial charge in [0.15, 0.2) is 0 Å². The van der Waals surface area contributed by atoms with E-state index in [1.807, 2.05) is 0 Å². The third kappa shape index (κ3) is 6.78. The maximum atomic E-state index is 3.25. The number of hydrogen-bond acceptors (Lipinski definition) is 1. The molecular weight excluding hydrogens is 206 g/mol. The van der Waals surface area contributed by atoms with Crippen molar-refractivity contribution in [3.63, 3.8) is 0 Å². The van der Waals surface area contributed by atoms with E-state index < -0.39 is 0 Å². The molecule has 92 valence electrons. The second-order valence-corrected chi connectivity index (χ2v) is 5.56. The summed E-state index contributed by atoms with van der Waals surface area (Å²) < 4.78 is 0. The minimum Gasteiger partial charge on any atom is -0.298 e. The van der Waals surface area contributed by atoms with Crippen LogP contribution in [0.3, 0.4) is 0 Å². The van der Waals surface area contributed by atoms with Crippen molar-refractivity contribution >= 4 is 0 Å². The van der Waals surface area contributed by atoms with E-state index in [-0.39, 0.29) is 5.41 Å². The zero-order valence-corrected chi connectivity index (χ0v) is 11.4. The molecule has 0 N–H and O–H groups in total. The van der Waals surface area contributed by atoms with Crippen LogP contribution in [0.5, 0.6) is 0 Å². The fraction of sp³-hybridized carbons (Fsp3) is 0.438. The lowest BCUT2D eigenvalue weighted by Gasteiger charge is -2.13. The van der Waals surface area contributed by atoms with E-state index in [4.69, 9.17) is 0 Å². The van der Waals surface area contributed by atoms with Crippen LogP contribution in [-0.4, -0.2) is 18.5 Å². The molecule has 0 saturated heterocycles. The minimum atomic E-state index is 0.217. The molecule has 1 aromatic carbocycles. The summed E-state index contributed by atoms with van der Waals surface area (Å²) in [6.45, 7) is 8.46. The highest BCUT2D eigenvalue weighted by Crippen LogP contribution is 2.13. The van der Waals surface area contributed by atoms with E-state index in [2.05, 4.69) is 80.9 Å². The first-order valence-corrected chi connectivity index (χ1v) is 6.12. The Hall–Kier alpha value is -1.30. The van der Waals surface area contributed by atoms with Gasteiger partial charge in [-0.15, -0.1) is 5.73 Å². The van der Waals surface area contributed by atoms with Gasteiger partial charge in [0.2, 0.25) is 0 Å². The molecule has 1 heteroatoms. The predicted octanol–water partition coefficient (Wildman–Crippen LogP) is 3.88. The zero-order chi connectivity index (χ0) is 12.7. The fourth-order valence-electron chi connectivity index (χ4n) is 1.48. The van der Waals surface area contributed by atoms with Gasteiger partial charge in [-0.25, -0.2) is 0 Å². The van der Waals surface area contributed by atoms with E-state index in [9.17, 15) is 0 Å². The summed E-state index contributed by atoms with van der Waals surface area (Å²) in [5.41, 5.74) is 4.82. The van der Waals surface area contributed by atoms with Crippen LogP contribution in [0.4, 0.5) is 0 Å². The van der Waals surface area contributed by atoms with E-state index in [1.54, 1.807) is 0 Å². The molecule has 1 aromatic rings. The normalized spacial score (nSPS) is 11.1. The smallest absolute Gasteiger partial charge is 0.0238 e. The largest absolute Gasteiger partial charge is 0.298 e. The van der Waals surface area contributed by atoms with Crippen LogP contribution in [0.25, 0.3) is 0 Å². The van der Waals surface area contributed by atoms with Crippen molar-refractivity contribution in [3.8, 4) is 0 Å². The van der Waals surface area contributed by atoms with Gasteiger partial charge in [-0.3, -0.25) is 4.90 Å². The monoisotopic (exact) mass is 229 g/mol. The molecule has 1 rings (SSSR count). The second kappa shape index (κ2) is 6.44. The van der Waals surface area contributed by atoms with E-state index in [0.717, 1.165) is 13.1 Å². The standard InChI is InChI=1S/C16H23N/c1-16(2,3)12-8-9-13-17(4)14-15-10-6-5-7-11-15/h5-7,9-12H,13-14H2,1-4H3. The highest BCUT2D eigenvalue weighted by Gasteiger charge is 2.02. The Kier molecular flexibility index (Phi) is 5.21. The first-order valence-electron chi connectivity index (χ1n) is 6.12.